The van der Waals surface area contributed by atoms with Gasteiger partial charge in [-0.1, -0.05) is 12.1 Å². The number of aromatic nitrogens is 2. The van der Waals surface area contributed by atoms with Gasteiger partial charge in [0.1, 0.15) is 11.5 Å². The number of nitrogens with zero attached hydrogens (tertiary/aromatic N) is 4. The minimum atomic E-state index is -5.16. The first-order chi connectivity index (χ1) is 20.7. The zero-order valence-corrected chi connectivity index (χ0v) is 22.9. The highest BCUT2D eigenvalue weighted by Crippen LogP contribution is 2.47. The molecule has 4 rings (SSSR count). The molecular formula is C27H23F9N6O3. The van der Waals surface area contributed by atoms with Crippen LogP contribution < -0.4 is 16.4 Å². The molecule has 0 unspecified atom stereocenters. The lowest BCUT2D eigenvalue weighted by Crippen LogP contribution is -2.61. The maximum absolute atomic E-state index is 13.7. The van der Waals surface area contributed by atoms with E-state index in [1.807, 2.05) is 0 Å². The van der Waals surface area contributed by atoms with Gasteiger partial charge in [-0.3, -0.25) is 4.90 Å². The molecular weight excluding hydrogens is 627 g/mol. The van der Waals surface area contributed by atoms with Crippen LogP contribution in [-0.2, 0) is 24.9 Å². The van der Waals surface area contributed by atoms with Crippen molar-refractivity contribution in [3.05, 3.63) is 87.5 Å². The summed E-state index contributed by atoms with van der Waals surface area (Å²) < 4.78 is 122. The smallest absolute Gasteiger partial charge is 0.416 e. The van der Waals surface area contributed by atoms with E-state index in [0.717, 1.165) is 12.3 Å². The van der Waals surface area contributed by atoms with Crippen LogP contribution in [0, 0.1) is 0 Å². The van der Waals surface area contributed by atoms with E-state index in [9.17, 15) is 54.6 Å². The van der Waals surface area contributed by atoms with E-state index in [2.05, 4.69) is 15.1 Å². The first-order valence-corrected chi connectivity index (χ1v) is 12.8. The molecule has 2 aromatic carbocycles. The summed E-state index contributed by atoms with van der Waals surface area (Å²) in [6, 6.07) is 3.09. The van der Waals surface area contributed by atoms with E-state index in [0.29, 0.717) is 29.2 Å². The molecule has 1 aliphatic heterocycles. The number of amides is 1. The van der Waals surface area contributed by atoms with Crippen LogP contribution in [0.2, 0.25) is 0 Å². The van der Waals surface area contributed by atoms with Crippen molar-refractivity contribution < 1.29 is 54.6 Å². The Bertz CT molecular complexity index is 1620. The van der Waals surface area contributed by atoms with Gasteiger partial charge in [-0.2, -0.15) is 39.5 Å². The second-order valence-corrected chi connectivity index (χ2v) is 10.3. The van der Waals surface area contributed by atoms with Gasteiger partial charge in [-0.15, -0.1) is 0 Å². The third-order valence-corrected chi connectivity index (χ3v) is 7.38. The molecule has 3 aromatic rings. The lowest BCUT2D eigenvalue weighted by molar-refractivity contribution is -0.143. The Morgan fingerprint density at radius 1 is 1.00 bits per heavy atom. The van der Waals surface area contributed by atoms with Crippen LogP contribution in [-0.4, -0.2) is 37.9 Å². The Morgan fingerprint density at radius 3 is 2.07 bits per heavy atom. The molecule has 1 amide bonds. The zero-order valence-electron chi connectivity index (χ0n) is 22.9. The van der Waals surface area contributed by atoms with Crippen LogP contribution in [0.4, 0.5) is 50.0 Å². The number of hydrogen-bond donors (Lipinski definition) is 4. The summed E-state index contributed by atoms with van der Waals surface area (Å²) in [7, 11) is 0. The first-order valence-electron chi connectivity index (χ1n) is 12.8. The Morgan fingerprint density at radius 2 is 1.58 bits per heavy atom. The number of carbonyl (C=O) groups is 1. The Kier molecular flexibility index (Phi) is 8.43. The maximum Gasteiger partial charge on any atom is 0.416 e. The first kappa shape index (κ1) is 33.3. The van der Waals surface area contributed by atoms with Crippen LogP contribution >= 0.6 is 0 Å². The van der Waals surface area contributed by atoms with Gasteiger partial charge in [-0.05, 0) is 60.4 Å². The molecule has 242 valence electrons. The highest BCUT2D eigenvalue weighted by atomic mass is 19.4. The predicted octanol–water partition coefficient (Wildman–Crippen LogP) is 6.30. The molecule has 18 heteroatoms. The van der Waals surface area contributed by atoms with E-state index in [-0.39, 0.29) is 47.2 Å². The molecule has 0 radical (unpaired) electrons. The van der Waals surface area contributed by atoms with Gasteiger partial charge in [-0.25, -0.2) is 14.8 Å². The fourth-order valence-corrected chi connectivity index (χ4v) is 5.15. The number of benzene rings is 2. The van der Waals surface area contributed by atoms with Crippen LogP contribution in [0.5, 0.6) is 0 Å². The summed E-state index contributed by atoms with van der Waals surface area (Å²) in [5.41, 5.74) is 4.46. The third kappa shape index (κ3) is 6.59. The lowest BCUT2D eigenvalue weighted by atomic mass is 9.80. The average Bonchev–Trinajstić information content (AvgIpc) is 2.94. The number of nitrogens with two attached hydrogens (primary N) is 2. The Balaban J connectivity index is 1.95. The molecule has 2 atom stereocenters. The summed E-state index contributed by atoms with van der Waals surface area (Å²) in [5, 5.41) is 21.9. The van der Waals surface area contributed by atoms with Crippen LogP contribution in [0.1, 0.15) is 70.6 Å². The fourth-order valence-electron chi connectivity index (χ4n) is 5.15. The molecule has 9 nitrogen and oxygen atoms in total. The number of fused-ring (bicyclic) bond motifs is 1. The molecule has 1 aliphatic rings. The van der Waals surface area contributed by atoms with E-state index in [1.54, 1.807) is 0 Å². The summed E-state index contributed by atoms with van der Waals surface area (Å²) in [6.07, 6.45) is -17.0. The molecule has 6 N–H and O–H groups in total. The highest BCUT2D eigenvalue weighted by molar-refractivity contribution is 5.97. The van der Waals surface area contributed by atoms with Gasteiger partial charge < -0.3 is 21.8 Å². The molecule has 0 fully saturated rings. The third-order valence-electron chi connectivity index (χ3n) is 7.38. The number of halogens is 9. The van der Waals surface area contributed by atoms with Crippen molar-refractivity contribution in [2.75, 3.05) is 4.90 Å². The topological polar surface area (TPSA) is 151 Å². The second-order valence-electron chi connectivity index (χ2n) is 10.3. The van der Waals surface area contributed by atoms with Crippen molar-refractivity contribution in [2.45, 2.75) is 56.3 Å². The van der Waals surface area contributed by atoms with Crippen molar-refractivity contribution in [1.29, 1.82) is 0 Å². The number of carboxylic acid groups (broad SMARTS) is 1. The number of anilines is 1. The van der Waals surface area contributed by atoms with Crippen molar-refractivity contribution in [3.8, 4) is 0 Å². The Hall–Kier alpha value is -4.61. The van der Waals surface area contributed by atoms with E-state index >= 15 is 0 Å². The normalized spacial score (nSPS) is 19.4. The van der Waals surface area contributed by atoms with Crippen molar-refractivity contribution in [2.24, 2.45) is 16.6 Å². The van der Waals surface area contributed by atoms with Gasteiger partial charge in [0.05, 0.1) is 33.6 Å². The average molecular weight is 651 g/mol. The van der Waals surface area contributed by atoms with E-state index < -0.39 is 70.7 Å². The van der Waals surface area contributed by atoms with Crippen molar-refractivity contribution in [3.63, 3.8) is 0 Å². The van der Waals surface area contributed by atoms with Gasteiger partial charge in [0.2, 0.25) is 0 Å². The minimum Gasteiger partial charge on any atom is -0.465 e. The summed E-state index contributed by atoms with van der Waals surface area (Å²) in [4.78, 5) is 21.3. The number of alkyl halides is 9. The van der Waals surface area contributed by atoms with E-state index in [1.165, 1.54) is 6.92 Å². The molecule has 2 heterocycles. The molecule has 0 bridgehead atoms. The fraction of sp³-hybridized carbons (Fsp3) is 0.333. The summed E-state index contributed by atoms with van der Waals surface area (Å²) in [6.45, 7) is 1.53. The molecule has 0 aliphatic carbocycles. The van der Waals surface area contributed by atoms with Crippen molar-refractivity contribution in [1.82, 2.24) is 9.97 Å². The number of rotatable bonds is 5. The molecule has 0 saturated heterocycles. The van der Waals surface area contributed by atoms with Gasteiger partial charge in [0.15, 0.2) is 5.84 Å². The monoisotopic (exact) mass is 650 g/mol. The lowest BCUT2D eigenvalue weighted by Gasteiger charge is -2.46. The quantitative estimate of drug-likeness (QED) is 0.0832. The minimum absolute atomic E-state index is 0.0320. The number of hydrogen-bond acceptors (Lipinski definition) is 6. The summed E-state index contributed by atoms with van der Waals surface area (Å²) >= 11 is 0. The van der Waals surface area contributed by atoms with Gasteiger partial charge in [0.25, 0.3) is 0 Å². The zero-order chi connectivity index (χ0) is 33.7. The second kappa shape index (κ2) is 11.4. The Labute approximate surface area is 248 Å². The standard InChI is InChI=1S/C27H23F9N6O3/c1-2-24(38)10-17(16-9-13(25(28,29)30)3-4-20(16)42(24)23(43)44)22-39-11-18(21(37)41-45)19(40-22)7-12-5-14(26(31,32)33)8-15(6-12)27(34,35)36/h3-6,8-9,11,17,45H,2,7,10,38H2,1H3,(H2,37,41)(H,43,44)/t17-,24+/m0/s1. The van der Waals surface area contributed by atoms with Gasteiger partial charge in [0, 0.05) is 18.5 Å². The molecule has 1 aromatic heterocycles. The number of amidine groups is 1. The van der Waals surface area contributed by atoms with Gasteiger partial charge >= 0.3 is 24.6 Å². The number of oxime groups is 1. The van der Waals surface area contributed by atoms with Crippen molar-refractivity contribution >= 4 is 17.6 Å². The maximum atomic E-state index is 13.7. The predicted molar refractivity (Wildman–Crippen MR) is 139 cm³/mol. The molecule has 0 saturated carbocycles. The van der Waals surface area contributed by atoms with E-state index in [4.69, 9.17) is 11.5 Å². The molecule has 45 heavy (non-hydrogen) atoms. The summed E-state index contributed by atoms with van der Waals surface area (Å²) in [5.74, 6) is -2.20. The largest absolute Gasteiger partial charge is 0.465 e. The van der Waals surface area contributed by atoms with Crippen LogP contribution in [0.15, 0.2) is 47.8 Å². The van der Waals surface area contributed by atoms with Crippen LogP contribution in [0.25, 0.3) is 0 Å². The highest BCUT2D eigenvalue weighted by Gasteiger charge is 2.47. The van der Waals surface area contributed by atoms with Crippen LogP contribution in [0.3, 0.4) is 0 Å². The SMILES string of the molecule is CC[C@]1(N)C[C@H](c2ncc(C(N)=NO)c(Cc3cc(C(F)(F)F)cc(C(F)(F)F)c3)n2)c2cc(C(F)(F)F)ccc2N1C(=O)O. The molecule has 0 spiro atoms.